The number of carbonyl (C=O) groups excluding carboxylic acids is 1. The fraction of sp³-hybridized carbons (Fsp3) is 0.292. The highest BCUT2D eigenvalue weighted by Crippen LogP contribution is 2.36. The molecule has 1 amide bonds. The van der Waals surface area contributed by atoms with E-state index in [1.54, 1.807) is 35.3 Å². The van der Waals surface area contributed by atoms with Crippen LogP contribution in [0.5, 0.6) is 0 Å². The molecule has 3 heterocycles. The van der Waals surface area contributed by atoms with Gasteiger partial charge in [-0.1, -0.05) is 18.2 Å². The first-order valence-corrected chi connectivity index (χ1v) is 13.5. The summed E-state index contributed by atoms with van der Waals surface area (Å²) in [6.07, 6.45) is -0.930. The maximum Gasteiger partial charge on any atom is 0.356 e. The van der Waals surface area contributed by atoms with Gasteiger partial charge in [0.15, 0.2) is 0 Å². The molecular formula is C24H25FN5O11P. The minimum atomic E-state index is -3.20. The van der Waals surface area contributed by atoms with Crippen LogP contribution in [0.25, 0.3) is 5.88 Å². The van der Waals surface area contributed by atoms with Crippen LogP contribution < -0.4 is 22.3 Å². The van der Waals surface area contributed by atoms with Gasteiger partial charge in [0, 0.05) is 18.2 Å². The van der Waals surface area contributed by atoms with E-state index in [9.17, 15) is 38.3 Å². The van der Waals surface area contributed by atoms with Crippen LogP contribution in [-0.4, -0.2) is 67.3 Å². The normalized spacial score (nSPS) is 19.4. The summed E-state index contributed by atoms with van der Waals surface area (Å²) in [6, 6.07) is 9.58. The average molecular weight is 609 g/mol. The zero-order valence-electron chi connectivity index (χ0n) is 21.5. The summed E-state index contributed by atoms with van der Waals surface area (Å²) in [4.78, 5) is 53.4. The third-order valence-corrected chi connectivity index (χ3v) is 6.76. The number of aromatic nitrogens is 4. The van der Waals surface area contributed by atoms with Gasteiger partial charge in [0.2, 0.25) is 11.7 Å². The Morgan fingerprint density at radius 2 is 2.00 bits per heavy atom. The first kappa shape index (κ1) is 30.5. The fourth-order valence-electron chi connectivity index (χ4n) is 3.85. The van der Waals surface area contributed by atoms with E-state index in [-0.39, 0.29) is 31.3 Å². The summed E-state index contributed by atoms with van der Waals surface area (Å²) >= 11 is 0. The predicted molar refractivity (Wildman–Crippen MR) is 142 cm³/mol. The minimum Gasteiger partial charge on any atom is -0.510 e. The van der Waals surface area contributed by atoms with Gasteiger partial charge in [-0.15, -0.1) is 0 Å². The number of hydrogen-bond acceptors (Lipinski definition) is 12. The summed E-state index contributed by atoms with van der Waals surface area (Å²) in [6.45, 7) is -1.21. The lowest BCUT2D eigenvalue weighted by molar-refractivity contribution is -0.0433. The van der Waals surface area contributed by atoms with Gasteiger partial charge < -0.3 is 34.1 Å². The standard InChI is InChI=1S/C24H25FN5O11P/c25-15-11-30(24(36)28-22(15)34)19-10-16(17(12-31)40-19)41-42(37)39-9-8-38-20(13-32)29-7-6-18(27-23(29)35)26-21(33)14-4-2-1-3-5-14/h1-7,11,13,16-17,19,31-32,42H,8-10,12H2,(H,28,34,36)(H,26,27,33,35)/b20-13-/t16-,17-,19-/m1/s1. The van der Waals surface area contributed by atoms with Crippen molar-refractivity contribution in [2.75, 3.05) is 25.1 Å². The summed E-state index contributed by atoms with van der Waals surface area (Å²) in [5.41, 5.74) is -2.67. The van der Waals surface area contributed by atoms with Crippen molar-refractivity contribution in [3.05, 3.63) is 97.8 Å². The third kappa shape index (κ3) is 7.45. The van der Waals surface area contributed by atoms with E-state index in [1.807, 2.05) is 0 Å². The number of nitrogens with one attached hydrogen (secondary N) is 2. The van der Waals surface area contributed by atoms with Crippen molar-refractivity contribution in [1.82, 2.24) is 19.1 Å². The van der Waals surface area contributed by atoms with Crippen molar-refractivity contribution in [2.45, 2.75) is 24.9 Å². The van der Waals surface area contributed by atoms with Gasteiger partial charge in [-0.3, -0.25) is 23.7 Å². The van der Waals surface area contributed by atoms with Crippen LogP contribution in [0.2, 0.25) is 0 Å². The minimum absolute atomic E-state index is 0.0312. The molecule has 1 aliphatic heterocycles. The van der Waals surface area contributed by atoms with Gasteiger partial charge in [-0.05, 0) is 18.2 Å². The van der Waals surface area contributed by atoms with Gasteiger partial charge in [0.1, 0.15) is 31.0 Å². The largest absolute Gasteiger partial charge is 0.510 e. The molecule has 0 spiro atoms. The molecule has 224 valence electrons. The number of rotatable bonds is 12. The molecule has 2 aromatic heterocycles. The number of halogens is 1. The lowest BCUT2D eigenvalue weighted by Gasteiger charge is -2.16. The Balaban J connectivity index is 1.27. The van der Waals surface area contributed by atoms with Crippen LogP contribution in [0.3, 0.4) is 0 Å². The molecule has 42 heavy (non-hydrogen) atoms. The van der Waals surface area contributed by atoms with Crippen LogP contribution in [0.1, 0.15) is 23.0 Å². The van der Waals surface area contributed by atoms with Crippen molar-refractivity contribution in [3.63, 3.8) is 0 Å². The first-order chi connectivity index (χ1) is 20.2. The second-order valence-corrected chi connectivity index (χ2v) is 9.57. The smallest absolute Gasteiger partial charge is 0.356 e. The van der Waals surface area contributed by atoms with Crippen molar-refractivity contribution in [2.24, 2.45) is 0 Å². The Morgan fingerprint density at radius 1 is 1.24 bits per heavy atom. The van der Waals surface area contributed by atoms with Crippen LogP contribution in [0, 0.1) is 5.82 Å². The highest BCUT2D eigenvalue weighted by molar-refractivity contribution is 7.33. The number of carbonyl (C=O) groups is 1. The fourth-order valence-corrected chi connectivity index (χ4v) is 4.66. The predicted octanol–water partition coefficient (Wildman–Crippen LogP) is 0.587. The van der Waals surface area contributed by atoms with Gasteiger partial charge >= 0.3 is 19.6 Å². The van der Waals surface area contributed by atoms with Gasteiger partial charge in [-0.2, -0.15) is 9.37 Å². The quantitative estimate of drug-likeness (QED) is 0.126. The second kappa shape index (κ2) is 14.0. The maximum atomic E-state index is 13.6. The van der Waals surface area contributed by atoms with Gasteiger partial charge in [0.25, 0.3) is 11.5 Å². The Kier molecular flexibility index (Phi) is 10.2. The summed E-state index contributed by atoms with van der Waals surface area (Å²) < 4.78 is 48.8. The number of benzene rings is 1. The topological polar surface area (TPSA) is 213 Å². The molecule has 1 aromatic carbocycles. The van der Waals surface area contributed by atoms with Gasteiger partial charge in [-0.25, -0.2) is 14.2 Å². The SMILES string of the molecule is O=C(Nc1ccn(/C(=C/O)OCCO[PH](=O)O[C@@H]2C[C@H](n3cc(F)c(=O)[nH]c3=O)O[C@@H]2CO)c(=O)n1)c1ccccc1. The molecule has 0 aliphatic carbocycles. The summed E-state index contributed by atoms with van der Waals surface area (Å²) in [5, 5.41) is 21.6. The molecule has 1 unspecified atom stereocenters. The molecule has 3 aromatic rings. The molecule has 1 saturated heterocycles. The Morgan fingerprint density at radius 3 is 2.69 bits per heavy atom. The molecule has 4 atom stereocenters. The average Bonchev–Trinajstić information content (AvgIpc) is 3.38. The van der Waals surface area contributed by atoms with Crippen LogP contribution in [0.15, 0.2) is 69.4 Å². The van der Waals surface area contributed by atoms with Crippen molar-refractivity contribution < 1.29 is 42.5 Å². The maximum absolute atomic E-state index is 13.6. The lowest BCUT2D eigenvalue weighted by Crippen LogP contribution is -2.34. The van der Waals surface area contributed by atoms with E-state index in [0.29, 0.717) is 18.0 Å². The number of aromatic amines is 1. The van der Waals surface area contributed by atoms with E-state index >= 15 is 0 Å². The Bertz CT molecular complexity index is 1640. The van der Waals surface area contributed by atoms with Crippen LogP contribution in [-0.2, 0) is 23.1 Å². The highest BCUT2D eigenvalue weighted by Gasteiger charge is 2.38. The Labute approximate surface area is 235 Å². The third-order valence-electron chi connectivity index (χ3n) is 5.82. The zero-order chi connectivity index (χ0) is 30.2. The number of ether oxygens (including phenoxy) is 2. The highest BCUT2D eigenvalue weighted by atomic mass is 31.1. The number of amides is 1. The van der Waals surface area contributed by atoms with E-state index in [1.165, 1.54) is 12.3 Å². The summed E-state index contributed by atoms with van der Waals surface area (Å²) in [5.74, 6) is -2.08. The molecule has 18 heteroatoms. The molecule has 4 rings (SSSR count). The Hall–Kier alpha value is -4.41. The molecule has 0 saturated carbocycles. The summed E-state index contributed by atoms with van der Waals surface area (Å²) in [7, 11) is -3.20. The second-order valence-electron chi connectivity index (χ2n) is 8.55. The number of anilines is 1. The monoisotopic (exact) mass is 609 g/mol. The zero-order valence-corrected chi connectivity index (χ0v) is 22.5. The van der Waals surface area contributed by atoms with E-state index in [2.05, 4.69) is 10.3 Å². The number of nitrogens with zero attached hydrogens (tertiary/aromatic N) is 3. The molecule has 1 fully saturated rings. The number of aliphatic hydroxyl groups is 2. The number of aliphatic hydroxyl groups excluding tert-OH is 2. The van der Waals surface area contributed by atoms with E-state index in [4.69, 9.17) is 18.5 Å². The molecule has 0 bridgehead atoms. The number of H-pyrrole nitrogens is 1. The molecule has 16 nitrogen and oxygen atoms in total. The van der Waals surface area contributed by atoms with Crippen molar-refractivity contribution >= 4 is 25.9 Å². The van der Waals surface area contributed by atoms with E-state index < -0.39 is 62.0 Å². The van der Waals surface area contributed by atoms with Crippen LogP contribution >= 0.6 is 8.25 Å². The lowest BCUT2D eigenvalue weighted by atomic mass is 10.2. The van der Waals surface area contributed by atoms with Crippen molar-refractivity contribution in [1.29, 1.82) is 0 Å². The van der Waals surface area contributed by atoms with Gasteiger partial charge in [0.05, 0.1) is 25.5 Å². The van der Waals surface area contributed by atoms with Crippen molar-refractivity contribution in [3.8, 4) is 0 Å². The number of hydrogen-bond donors (Lipinski definition) is 4. The molecule has 1 aliphatic rings. The first-order valence-electron chi connectivity index (χ1n) is 12.2. The molecular weight excluding hydrogens is 584 g/mol. The molecule has 4 N–H and O–H groups in total. The molecule has 0 radical (unpaired) electrons. The van der Waals surface area contributed by atoms with E-state index in [0.717, 1.165) is 9.13 Å². The van der Waals surface area contributed by atoms with Crippen LogP contribution in [0.4, 0.5) is 10.2 Å².